The topological polar surface area (TPSA) is 79.4 Å². The van der Waals surface area contributed by atoms with Gasteiger partial charge in [0.15, 0.2) is 0 Å². The fourth-order valence-corrected chi connectivity index (χ4v) is 1.48. The molecule has 2 rings (SSSR count). The number of rotatable bonds is 3. The Morgan fingerprint density at radius 3 is 2.67 bits per heavy atom. The molecular weight excluding hydrogens is 234 g/mol. The number of fused-ring (bicyclic) bond motifs is 1. The summed E-state index contributed by atoms with van der Waals surface area (Å²) in [5, 5.41) is 9.53. The lowest BCUT2D eigenvalue weighted by Crippen LogP contribution is -2.08. The third-order valence-electron chi connectivity index (χ3n) is 2.39. The molecule has 0 unspecified atom stereocenters. The molecule has 0 saturated heterocycles. The van der Waals surface area contributed by atoms with Gasteiger partial charge in [-0.2, -0.15) is 0 Å². The van der Waals surface area contributed by atoms with Crippen LogP contribution in [0.15, 0.2) is 36.4 Å². The number of carbonyl (C=O) groups is 2. The van der Waals surface area contributed by atoms with E-state index in [0.717, 1.165) is 0 Å². The molecule has 92 valence electrons. The molecule has 0 saturated carbocycles. The fraction of sp³-hybridized carbons (Fsp3) is 0.0769. The number of ether oxygens (including phenoxy) is 1. The Morgan fingerprint density at radius 1 is 1.33 bits per heavy atom. The molecule has 0 aliphatic carbocycles. The van der Waals surface area contributed by atoms with Crippen molar-refractivity contribution in [1.29, 1.82) is 0 Å². The molecular formula is C13H11NO4. The largest absolute Gasteiger partial charge is 0.478 e. The van der Waals surface area contributed by atoms with Gasteiger partial charge in [0, 0.05) is 22.5 Å². The molecule has 0 radical (unpaired) electrons. The zero-order valence-corrected chi connectivity index (χ0v) is 9.69. The molecule has 0 fully saturated rings. The summed E-state index contributed by atoms with van der Waals surface area (Å²) >= 11 is 0. The molecule has 0 atom stereocenters. The second kappa shape index (κ2) is 4.37. The summed E-state index contributed by atoms with van der Waals surface area (Å²) in [7, 11) is 0. The lowest BCUT2D eigenvalue weighted by atomic mass is 10.1. The number of carboxylic acid groups (broad SMARTS) is 1. The zero-order chi connectivity index (χ0) is 13.3. The number of nitrogens with one attached hydrogen (secondary N) is 1. The number of hydrogen-bond acceptors (Lipinski definition) is 3. The maximum Gasteiger partial charge on any atom is 0.339 e. The van der Waals surface area contributed by atoms with Gasteiger partial charge in [-0.25, -0.2) is 9.59 Å². The summed E-state index contributed by atoms with van der Waals surface area (Å²) in [6.07, 6.45) is 0. The maximum atomic E-state index is 11.3. The molecule has 1 heterocycles. The summed E-state index contributed by atoms with van der Waals surface area (Å²) in [6, 6.07) is 6.18. The van der Waals surface area contributed by atoms with Crippen molar-refractivity contribution in [3.8, 4) is 5.88 Å². The highest BCUT2D eigenvalue weighted by molar-refractivity contribution is 5.94. The number of benzene rings is 1. The number of hydrogen-bond donors (Lipinski definition) is 2. The average Bonchev–Trinajstić information content (AvgIpc) is 2.69. The van der Waals surface area contributed by atoms with Crippen LogP contribution in [0.25, 0.3) is 10.9 Å². The van der Waals surface area contributed by atoms with Crippen LogP contribution in [0.4, 0.5) is 0 Å². The number of aromatic amines is 1. The highest BCUT2D eigenvalue weighted by Gasteiger charge is 2.10. The first kappa shape index (κ1) is 11.9. The monoisotopic (exact) mass is 245 g/mol. The average molecular weight is 245 g/mol. The Balaban J connectivity index is 2.35. The van der Waals surface area contributed by atoms with Gasteiger partial charge >= 0.3 is 11.9 Å². The van der Waals surface area contributed by atoms with E-state index in [0.29, 0.717) is 16.5 Å². The van der Waals surface area contributed by atoms with Crippen LogP contribution in [0.3, 0.4) is 0 Å². The van der Waals surface area contributed by atoms with Crippen LogP contribution in [-0.4, -0.2) is 22.0 Å². The van der Waals surface area contributed by atoms with Crippen molar-refractivity contribution in [3.63, 3.8) is 0 Å². The lowest BCUT2D eigenvalue weighted by Gasteiger charge is -1.98. The van der Waals surface area contributed by atoms with E-state index in [2.05, 4.69) is 11.6 Å². The standard InChI is InChI=1S/C13H11NO4/c1-7(2)13(17)18-11-6-9-5-8(12(15)16)3-4-10(9)14-11/h3-6,14H,1H2,2H3,(H,15,16). The maximum absolute atomic E-state index is 11.3. The second-order valence-electron chi connectivity index (χ2n) is 3.91. The van der Waals surface area contributed by atoms with Gasteiger partial charge < -0.3 is 14.8 Å². The molecule has 0 aliphatic rings. The van der Waals surface area contributed by atoms with E-state index in [4.69, 9.17) is 9.84 Å². The van der Waals surface area contributed by atoms with Crippen LogP contribution >= 0.6 is 0 Å². The highest BCUT2D eigenvalue weighted by Crippen LogP contribution is 2.22. The minimum atomic E-state index is -1.00. The van der Waals surface area contributed by atoms with E-state index in [1.54, 1.807) is 19.1 Å². The van der Waals surface area contributed by atoms with Crippen molar-refractivity contribution in [2.75, 3.05) is 0 Å². The van der Waals surface area contributed by atoms with E-state index in [1.165, 1.54) is 12.1 Å². The predicted octanol–water partition coefficient (Wildman–Crippen LogP) is 2.35. The molecule has 18 heavy (non-hydrogen) atoms. The van der Waals surface area contributed by atoms with Gasteiger partial charge in [-0.3, -0.25) is 0 Å². The van der Waals surface area contributed by atoms with Crippen molar-refractivity contribution < 1.29 is 19.4 Å². The van der Waals surface area contributed by atoms with Crippen molar-refractivity contribution in [2.45, 2.75) is 6.92 Å². The SMILES string of the molecule is C=C(C)C(=O)Oc1cc2cc(C(=O)O)ccc2[nH]1. The van der Waals surface area contributed by atoms with Crippen LogP contribution in [0, 0.1) is 0 Å². The van der Waals surface area contributed by atoms with Crippen LogP contribution < -0.4 is 4.74 Å². The first-order chi connectivity index (χ1) is 8.47. The van der Waals surface area contributed by atoms with Crippen molar-refractivity contribution in [1.82, 2.24) is 4.98 Å². The van der Waals surface area contributed by atoms with Gasteiger partial charge in [-0.1, -0.05) is 6.58 Å². The Labute approximate surface area is 103 Å². The number of H-pyrrole nitrogens is 1. The first-order valence-electron chi connectivity index (χ1n) is 5.21. The Bertz CT molecular complexity index is 654. The summed E-state index contributed by atoms with van der Waals surface area (Å²) in [5.41, 5.74) is 1.17. The zero-order valence-electron chi connectivity index (χ0n) is 9.69. The van der Waals surface area contributed by atoms with Crippen LogP contribution in [-0.2, 0) is 4.79 Å². The molecule has 1 aromatic carbocycles. The predicted molar refractivity (Wildman–Crippen MR) is 65.7 cm³/mol. The van der Waals surface area contributed by atoms with Crippen LogP contribution in [0.2, 0.25) is 0 Å². The molecule has 1 aromatic heterocycles. The van der Waals surface area contributed by atoms with Crippen molar-refractivity contribution >= 4 is 22.8 Å². The van der Waals surface area contributed by atoms with Crippen molar-refractivity contribution in [2.24, 2.45) is 0 Å². The van der Waals surface area contributed by atoms with Gasteiger partial charge in [0.05, 0.1) is 5.56 Å². The Hall–Kier alpha value is -2.56. The van der Waals surface area contributed by atoms with Gasteiger partial charge in [-0.05, 0) is 25.1 Å². The lowest BCUT2D eigenvalue weighted by molar-refractivity contribution is -0.130. The molecule has 0 amide bonds. The van der Waals surface area contributed by atoms with E-state index < -0.39 is 11.9 Å². The van der Waals surface area contributed by atoms with Crippen LogP contribution in [0.5, 0.6) is 5.88 Å². The third kappa shape index (κ3) is 2.24. The number of aromatic carboxylic acids is 1. The van der Waals surface area contributed by atoms with Gasteiger partial charge in [-0.15, -0.1) is 0 Å². The highest BCUT2D eigenvalue weighted by atomic mass is 16.5. The molecule has 0 aliphatic heterocycles. The molecule has 2 aromatic rings. The summed E-state index contributed by atoms with van der Waals surface area (Å²) in [4.78, 5) is 25.0. The normalized spacial score (nSPS) is 10.3. The Morgan fingerprint density at radius 2 is 2.06 bits per heavy atom. The second-order valence-corrected chi connectivity index (χ2v) is 3.91. The minimum Gasteiger partial charge on any atom is -0.478 e. The smallest absolute Gasteiger partial charge is 0.339 e. The van der Waals surface area contributed by atoms with Gasteiger partial charge in [0.2, 0.25) is 5.88 Å². The summed E-state index contributed by atoms with van der Waals surface area (Å²) in [6.45, 7) is 5.03. The molecule has 0 spiro atoms. The molecule has 0 bridgehead atoms. The number of aromatic nitrogens is 1. The molecule has 2 N–H and O–H groups in total. The minimum absolute atomic E-state index is 0.180. The number of carboxylic acids is 1. The summed E-state index contributed by atoms with van der Waals surface area (Å²) < 4.78 is 5.02. The molecule has 5 heteroatoms. The quantitative estimate of drug-likeness (QED) is 0.642. The molecule has 5 nitrogen and oxygen atoms in total. The van der Waals surface area contributed by atoms with Gasteiger partial charge in [0.25, 0.3) is 0 Å². The van der Waals surface area contributed by atoms with Crippen molar-refractivity contribution in [3.05, 3.63) is 42.0 Å². The van der Waals surface area contributed by atoms with Gasteiger partial charge in [0.1, 0.15) is 0 Å². The Kier molecular flexibility index (Phi) is 2.89. The number of esters is 1. The van der Waals surface area contributed by atoms with E-state index in [9.17, 15) is 9.59 Å². The van der Waals surface area contributed by atoms with E-state index >= 15 is 0 Å². The third-order valence-corrected chi connectivity index (χ3v) is 2.39. The van der Waals surface area contributed by atoms with E-state index in [-0.39, 0.29) is 11.4 Å². The summed E-state index contributed by atoms with van der Waals surface area (Å²) in [5.74, 6) is -1.26. The number of carbonyl (C=O) groups excluding carboxylic acids is 1. The van der Waals surface area contributed by atoms with Crippen LogP contribution in [0.1, 0.15) is 17.3 Å². The van der Waals surface area contributed by atoms with E-state index in [1.807, 2.05) is 0 Å². The fourth-order valence-electron chi connectivity index (χ4n) is 1.48. The first-order valence-corrected chi connectivity index (χ1v) is 5.21.